The first kappa shape index (κ1) is 18.6. The number of benzene rings is 1. The third-order valence-electron chi connectivity index (χ3n) is 4.73. The molecule has 0 unspecified atom stereocenters. The molecule has 1 aromatic rings. The highest BCUT2D eigenvalue weighted by Gasteiger charge is 2.28. The molecule has 0 spiro atoms. The number of hydrogen-bond acceptors (Lipinski definition) is 4. The van der Waals surface area contributed by atoms with Gasteiger partial charge in [-0.2, -0.15) is 4.31 Å². The van der Waals surface area contributed by atoms with Gasteiger partial charge in [0.15, 0.2) is 0 Å². The van der Waals surface area contributed by atoms with Crippen LogP contribution in [-0.4, -0.2) is 51.0 Å². The lowest BCUT2D eigenvalue weighted by atomic mass is 9.95. The van der Waals surface area contributed by atoms with E-state index in [0.717, 1.165) is 25.7 Å². The molecule has 0 bridgehead atoms. The van der Waals surface area contributed by atoms with Gasteiger partial charge in [-0.15, -0.1) is 0 Å². The fourth-order valence-corrected chi connectivity index (χ4v) is 4.92. The minimum atomic E-state index is -3.65. The van der Waals surface area contributed by atoms with Crippen LogP contribution in [0.15, 0.2) is 23.1 Å². The smallest absolute Gasteiger partial charge is 0.253 e. The number of morpholine rings is 1. The molecule has 2 aliphatic rings. The second-order valence-electron chi connectivity index (χ2n) is 6.47. The summed E-state index contributed by atoms with van der Waals surface area (Å²) in [4.78, 5) is 12.7. The molecule has 0 radical (unpaired) electrons. The number of rotatable bonds is 4. The lowest BCUT2D eigenvalue weighted by molar-refractivity contribution is 0.0730. The highest BCUT2D eigenvalue weighted by molar-refractivity contribution is 7.89. The molecule has 0 atom stereocenters. The van der Waals surface area contributed by atoms with Crippen molar-refractivity contribution in [3.8, 4) is 0 Å². The van der Waals surface area contributed by atoms with Crippen molar-refractivity contribution in [2.75, 3.05) is 26.3 Å². The average molecular weight is 387 g/mol. The van der Waals surface area contributed by atoms with Crippen molar-refractivity contribution >= 4 is 27.5 Å². The predicted molar refractivity (Wildman–Crippen MR) is 95.4 cm³/mol. The van der Waals surface area contributed by atoms with E-state index in [2.05, 4.69) is 5.32 Å². The Hall–Kier alpha value is -1.15. The molecular formula is C17H23ClN2O4S. The van der Waals surface area contributed by atoms with Crippen LogP contribution in [0.3, 0.4) is 0 Å². The fourth-order valence-electron chi connectivity index (χ4n) is 3.28. The summed E-state index contributed by atoms with van der Waals surface area (Å²) >= 11 is 6.16. The van der Waals surface area contributed by atoms with Crippen molar-refractivity contribution in [1.29, 1.82) is 0 Å². The number of amides is 1. The number of hydrogen-bond donors (Lipinski definition) is 1. The molecule has 1 N–H and O–H groups in total. The van der Waals surface area contributed by atoms with Gasteiger partial charge in [0.1, 0.15) is 0 Å². The monoisotopic (exact) mass is 386 g/mol. The Balaban J connectivity index is 1.80. The first-order chi connectivity index (χ1) is 12.0. The van der Waals surface area contributed by atoms with E-state index in [1.807, 2.05) is 0 Å². The molecule has 1 saturated carbocycles. The molecule has 1 aliphatic heterocycles. The third kappa shape index (κ3) is 4.34. The van der Waals surface area contributed by atoms with Crippen LogP contribution in [0.2, 0.25) is 5.02 Å². The summed E-state index contributed by atoms with van der Waals surface area (Å²) in [6, 6.07) is 4.44. The van der Waals surface area contributed by atoms with Crippen LogP contribution in [0.5, 0.6) is 0 Å². The van der Waals surface area contributed by atoms with Gasteiger partial charge in [-0.3, -0.25) is 4.79 Å². The Morgan fingerprint density at radius 3 is 2.52 bits per heavy atom. The predicted octanol–water partition coefficient (Wildman–Crippen LogP) is 2.42. The number of nitrogens with one attached hydrogen (secondary N) is 1. The first-order valence-corrected chi connectivity index (χ1v) is 10.5. The van der Waals surface area contributed by atoms with Crippen molar-refractivity contribution < 1.29 is 17.9 Å². The molecule has 138 valence electrons. The quantitative estimate of drug-likeness (QED) is 0.862. The van der Waals surface area contributed by atoms with Crippen LogP contribution in [0.25, 0.3) is 0 Å². The van der Waals surface area contributed by atoms with Crippen LogP contribution in [0.4, 0.5) is 0 Å². The van der Waals surface area contributed by atoms with Crippen molar-refractivity contribution in [3.63, 3.8) is 0 Å². The number of sulfonamides is 1. The van der Waals surface area contributed by atoms with Gasteiger partial charge in [0, 0.05) is 19.1 Å². The Morgan fingerprint density at radius 2 is 1.84 bits per heavy atom. The van der Waals surface area contributed by atoms with Crippen molar-refractivity contribution in [2.24, 2.45) is 0 Å². The lowest BCUT2D eigenvalue weighted by Gasteiger charge is -2.26. The number of nitrogens with zero attached hydrogens (tertiary/aromatic N) is 1. The molecule has 6 nitrogen and oxygen atoms in total. The Bertz CT molecular complexity index is 726. The molecule has 2 fully saturated rings. The van der Waals surface area contributed by atoms with E-state index in [-0.39, 0.29) is 27.4 Å². The van der Waals surface area contributed by atoms with Crippen LogP contribution >= 0.6 is 11.6 Å². The van der Waals surface area contributed by atoms with Crippen molar-refractivity contribution in [2.45, 2.75) is 43.0 Å². The highest BCUT2D eigenvalue weighted by Crippen LogP contribution is 2.25. The lowest BCUT2D eigenvalue weighted by Crippen LogP contribution is -2.40. The molecule has 1 aliphatic carbocycles. The van der Waals surface area contributed by atoms with E-state index in [9.17, 15) is 13.2 Å². The molecule has 1 heterocycles. The van der Waals surface area contributed by atoms with E-state index in [1.165, 1.54) is 28.9 Å². The van der Waals surface area contributed by atoms with Gasteiger partial charge in [0.2, 0.25) is 10.0 Å². The maximum atomic E-state index is 12.8. The van der Waals surface area contributed by atoms with E-state index in [0.29, 0.717) is 26.3 Å². The highest BCUT2D eigenvalue weighted by atomic mass is 35.5. The van der Waals surface area contributed by atoms with E-state index in [1.54, 1.807) is 0 Å². The largest absolute Gasteiger partial charge is 0.379 e. The maximum Gasteiger partial charge on any atom is 0.253 e. The second kappa shape index (κ2) is 8.03. The van der Waals surface area contributed by atoms with Crippen LogP contribution in [-0.2, 0) is 14.8 Å². The molecule has 8 heteroatoms. The summed E-state index contributed by atoms with van der Waals surface area (Å²) in [6.45, 7) is 1.38. The van der Waals surface area contributed by atoms with Gasteiger partial charge < -0.3 is 10.1 Å². The van der Waals surface area contributed by atoms with E-state index >= 15 is 0 Å². The normalized spacial score (nSPS) is 20.4. The minimum absolute atomic E-state index is 0.0904. The zero-order valence-electron chi connectivity index (χ0n) is 14.0. The number of ether oxygens (including phenoxy) is 1. The molecular weight excluding hydrogens is 364 g/mol. The SMILES string of the molecule is O=C(NC1CCCCC1)c1cc(S(=O)(=O)N2CCOCC2)ccc1Cl. The average Bonchev–Trinajstić information content (AvgIpc) is 2.63. The van der Waals surface area contributed by atoms with Gasteiger partial charge in [-0.25, -0.2) is 8.42 Å². The minimum Gasteiger partial charge on any atom is -0.379 e. The summed E-state index contributed by atoms with van der Waals surface area (Å²) in [6.07, 6.45) is 5.30. The van der Waals surface area contributed by atoms with Gasteiger partial charge in [-0.05, 0) is 31.0 Å². The Kier molecular flexibility index (Phi) is 5.99. The molecule has 1 amide bonds. The molecule has 1 aromatic carbocycles. The molecule has 25 heavy (non-hydrogen) atoms. The Morgan fingerprint density at radius 1 is 1.16 bits per heavy atom. The molecule has 3 rings (SSSR count). The zero-order valence-corrected chi connectivity index (χ0v) is 15.6. The van der Waals surface area contributed by atoms with Crippen LogP contribution < -0.4 is 5.32 Å². The summed E-state index contributed by atoms with van der Waals surface area (Å²) in [5.74, 6) is -0.309. The summed E-state index contributed by atoms with van der Waals surface area (Å²) in [5, 5.41) is 3.24. The summed E-state index contributed by atoms with van der Waals surface area (Å²) in [7, 11) is -3.65. The Labute approximate surface area is 153 Å². The van der Waals surface area contributed by atoms with Crippen molar-refractivity contribution in [1.82, 2.24) is 9.62 Å². The zero-order chi connectivity index (χ0) is 17.9. The van der Waals surface area contributed by atoms with E-state index < -0.39 is 10.0 Å². The summed E-state index contributed by atoms with van der Waals surface area (Å²) in [5.41, 5.74) is 0.210. The van der Waals surface area contributed by atoms with Crippen LogP contribution in [0.1, 0.15) is 42.5 Å². The van der Waals surface area contributed by atoms with Gasteiger partial charge in [-0.1, -0.05) is 30.9 Å². The number of carbonyl (C=O) groups excluding carboxylic acids is 1. The molecule has 0 aromatic heterocycles. The second-order valence-corrected chi connectivity index (χ2v) is 8.81. The van der Waals surface area contributed by atoms with Gasteiger partial charge in [0.25, 0.3) is 5.91 Å². The summed E-state index contributed by atoms with van der Waals surface area (Å²) < 4.78 is 32.1. The maximum absolute atomic E-state index is 12.8. The first-order valence-electron chi connectivity index (χ1n) is 8.67. The van der Waals surface area contributed by atoms with Gasteiger partial charge in [0.05, 0.1) is 28.7 Å². The number of halogens is 1. The van der Waals surface area contributed by atoms with Gasteiger partial charge >= 0.3 is 0 Å². The topological polar surface area (TPSA) is 75.7 Å². The van der Waals surface area contributed by atoms with Crippen LogP contribution in [0, 0.1) is 0 Å². The number of carbonyl (C=O) groups is 1. The standard InChI is InChI=1S/C17H23ClN2O4S/c18-16-7-6-14(25(22,23)20-8-10-24-11-9-20)12-15(16)17(21)19-13-4-2-1-3-5-13/h6-7,12-13H,1-5,8-11H2,(H,19,21). The third-order valence-corrected chi connectivity index (χ3v) is 6.95. The fraction of sp³-hybridized carbons (Fsp3) is 0.588. The van der Waals surface area contributed by atoms with Crippen molar-refractivity contribution in [3.05, 3.63) is 28.8 Å². The van der Waals surface area contributed by atoms with E-state index in [4.69, 9.17) is 16.3 Å². The molecule has 1 saturated heterocycles.